The molecule has 3 heterocycles. The molecule has 3 atom stereocenters. The summed E-state index contributed by atoms with van der Waals surface area (Å²) in [5, 5.41) is 17.8. The summed E-state index contributed by atoms with van der Waals surface area (Å²) < 4.78 is 20.0. The first kappa shape index (κ1) is 28.2. The number of anilines is 1. The van der Waals surface area contributed by atoms with Crippen molar-refractivity contribution in [2.45, 2.75) is 102 Å². The highest BCUT2D eigenvalue weighted by molar-refractivity contribution is 6.69. The molecular formula is C27H39N5O5Si. The van der Waals surface area contributed by atoms with Gasteiger partial charge in [-0.2, -0.15) is 10.4 Å². The Morgan fingerprint density at radius 3 is 2.74 bits per heavy atom. The normalized spacial score (nSPS) is 23.7. The van der Waals surface area contributed by atoms with E-state index in [0.29, 0.717) is 42.2 Å². The van der Waals surface area contributed by atoms with E-state index in [0.717, 1.165) is 32.1 Å². The molecule has 0 bridgehead atoms. The zero-order valence-corrected chi connectivity index (χ0v) is 23.9. The summed E-state index contributed by atoms with van der Waals surface area (Å²) in [6, 6.07) is 5.92. The maximum atomic E-state index is 12.5. The fourth-order valence-electron chi connectivity index (χ4n) is 5.05. The average molecular weight is 542 g/mol. The number of ether oxygens (including phenoxy) is 2. The molecule has 1 N–H and O–H groups in total. The van der Waals surface area contributed by atoms with Crippen LogP contribution in [-0.4, -0.2) is 53.6 Å². The Balaban J connectivity index is 1.57. The van der Waals surface area contributed by atoms with E-state index in [2.05, 4.69) is 48.0 Å². The van der Waals surface area contributed by atoms with Crippen LogP contribution in [0.4, 0.5) is 5.82 Å². The first-order valence-corrected chi connectivity index (χ1v) is 17.1. The van der Waals surface area contributed by atoms with Gasteiger partial charge in [-0.1, -0.05) is 26.2 Å². The van der Waals surface area contributed by atoms with Crippen molar-refractivity contribution in [3.05, 3.63) is 24.2 Å². The van der Waals surface area contributed by atoms with E-state index in [-0.39, 0.29) is 18.5 Å². The predicted molar refractivity (Wildman–Crippen MR) is 144 cm³/mol. The van der Waals surface area contributed by atoms with E-state index in [4.69, 9.17) is 13.9 Å². The third-order valence-corrected chi connectivity index (χ3v) is 8.14. The van der Waals surface area contributed by atoms with Gasteiger partial charge in [0.15, 0.2) is 14.1 Å². The molecule has 1 saturated heterocycles. The highest BCUT2D eigenvalue weighted by atomic mass is 28.4. The summed E-state index contributed by atoms with van der Waals surface area (Å²) in [5.41, 5.74) is -0.411. The fourth-order valence-corrected chi connectivity index (χ4v) is 6.17. The molecule has 0 radical (unpaired) electrons. The lowest BCUT2D eigenvalue weighted by atomic mass is 9.83. The van der Waals surface area contributed by atoms with Gasteiger partial charge in [0, 0.05) is 19.3 Å². The molecule has 0 unspecified atom stereocenters. The molecule has 4 rings (SSSR count). The van der Waals surface area contributed by atoms with Crippen molar-refractivity contribution in [3.8, 4) is 6.07 Å². The quantitative estimate of drug-likeness (QED) is 0.232. The third-order valence-electron chi connectivity index (χ3n) is 7.15. The highest BCUT2D eigenvalue weighted by Crippen LogP contribution is 2.43. The lowest BCUT2D eigenvalue weighted by Gasteiger charge is -2.32. The number of carbonyl (C=O) groups is 2. The molecule has 2 aromatic heterocycles. The Bertz CT molecular complexity index is 1180. The number of carbonyl (C=O) groups excluding carboxylic acids is 2. The number of nitrogens with zero attached hydrogens (tertiary/aromatic N) is 4. The van der Waals surface area contributed by atoms with Crippen molar-refractivity contribution in [2.24, 2.45) is 5.92 Å². The van der Waals surface area contributed by atoms with Gasteiger partial charge in [0.2, 0.25) is 11.5 Å². The number of esters is 1. The minimum absolute atomic E-state index is 0.0674. The van der Waals surface area contributed by atoms with E-state index in [9.17, 15) is 14.9 Å². The van der Waals surface area contributed by atoms with Gasteiger partial charge in [-0.05, 0) is 57.0 Å². The van der Waals surface area contributed by atoms with Gasteiger partial charge in [0.05, 0.1) is 17.9 Å². The van der Waals surface area contributed by atoms with E-state index in [1.807, 2.05) is 0 Å². The fraction of sp³-hybridized carbons (Fsp3) is 0.667. The number of amides is 1. The number of hydrogen-bond acceptors (Lipinski definition) is 8. The molecule has 11 heteroatoms. The van der Waals surface area contributed by atoms with Crippen molar-refractivity contribution in [2.75, 3.05) is 11.9 Å². The summed E-state index contributed by atoms with van der Waals surface area (Å²) >= 11 is 0. The Morgan fingerprint density at radius 1 is 1.29 bits per heavy atom. The van der Waals surface area contributed by atoms with Gasteiger partial charge in [-0.25, -0.2) is 9.50 Å². The summed E-state index contributed by atoms with van der Waals surface area (Å²) in [6.07, 6.45) is 7.68. The molecule has 206 valence electrons. The van der Waals surface area contributed by atoms with Gasteiger partial charge >= 0.3 is 5.97 Å². The Hall–Kier alpha value is -2.81. The lowest BCUT2D eigenvalue weighted by molar-refractivity contribution is -0.151. The monoisotopic (exact) mass is 541 g/mol. The SMILES string of the molecule is CCCCCC(=O)Nc1ncnn2c([C@]3(C#N)O[C@@H](COC(=O)CC4CCC4)C[C@H]3O[Si](C)(C)C)ccc12. The number of unbranched alkanes of at least 4 members (excludes halogenated alkanes) is 2. The van der Waals surface area contributed by atoms with Crippen molar-refractivity contribution >= 4 is 31.5 Å². The molecule has 1 amide bonds. The van der Waals surface area contributed by atoms with Gasteiger partial charge in [0.25, 0.3) is 0 Å². The molecule has 2 aromatic rings. The number of nitriles is 1. The second-order valence-corrected chi connectivity index (χ2v) is 15.8. The minimum Gasteiger partial charge on any atom is -0.463 e. The molecule has 2 fully saturated rings. The molecule has 38 heavy (non-hydrogen) atoms. The van der Waals surface area contributed by atoms with Crippen LogP contribution in [0, 0.1) is 17.2 Å². The Morgan fingerprint density at radius 2 is 2.08 bits per heavy atom. The van der Waals surface area contributed by atoms with Crippen molar-refractivity contribution in [1.82, 2.24) is 14.6 Å². The summed E-state index contributed by atoms with van der Waals surface area (Å²) in [6.45, 7) is 8.34. The molecule has 1 aliphatic carbocycles. The Labute approximate surface area is 225 Å². The second-order valence-electron chi connectivity index (χ2n) is 11.4. The van der Waals surface area contributed by atoms with Gasteiger partial charge in [-0.3, -0.25) is 9.59 Å². The van der Waals surface area contributed by atoms with Crippen LogP contribution in [-0.2, 0) is 29.1 Å². The van der Waals surface area contributed by atoms with Crippen LogP contribution >= 0.6 is 0 Å². The zero-order valence-electron chi connectivity index (χ0n) is 22.9. The number of nitrogens with one attached hydrogen (secondary N) is 1. The number of aromatic nitrogens is 3. The average Bonchev–Trinajstić information content (AvgIpc) is 3.42. The smallest absolute Gasteiger partial charge is 0.306 e. The van der Waals surface area contributed by atoms with Crippen molar-refractivity contribution in [1.29, 1.82) is 5.26 Å². The molecule has 0 aromatic carbocycles. The summed E-state index contributed by atoms with van der Waals surface area (Å²) in [7, 11) is -2.09. The maximum Gasteiger partial charge on any atom is 0.306 e. The molecule has 1 aliphatic heterocycles. The standard InChI is InChI=1S/C27H39N5O5Si/c1-5-6-7-11-24(33)31-26-21-12-13-22(32(21)30-18-29-26)27(17-28)23(37-38(2,3)4)15-20(36-27)16-35-25(34)14-19-9-8-10-19/h12-13,18-20,23H,5-11,14-16H2,1-4H3,(H,29,30,31,33)/t20-,23-,27+/m1/s1. The van der Waals surface area contributed by atoms with Crippen LogP contribution in [0.5, 0.6) is 0 Å². The first-order chi connectivity index (χ1) is 18.1. The van der Waals surface area contributed by atoms with Crippen LogP contribution in [0.1, 0.15) is 70.4 Å². The van der Waals surface area contributed by atoms with Crippen molar-refractivity contribution in [3.63, 3.8) is 0 Å². The van der Waals surface area contributed by atoms with Crippen LogP contribution in [0.3, 0.4) is 0 Å². The third kappa shape index (κ3) is 6.42. The molecule has 1 saturated carbocycles. The summed E-state index contributed by atoms with van der Waals surface area (Å²) in [5.74, 6) is 0.456. The maximum absolute atomic E-state index is 12.5. The van der Waals surface area contributed by atoms with E-state index in [1.165, 1.54) is 12.7 Å². The van der Waals surface area contributed by atoms with Crippen LogP contribution in [0.2, 0.25) is 19.6 Å². The van der Waals surface area contributed by atoms with Crippen LogP contribution in [0.25, 0.3) is 5.52 Å². The molecule has 0 spiro atoms. The topological polar surface area (TPSA) is 128 Å². The Kier molecular flexibility index (Phi) is 8.85. The second kappa shape index (κ2) is 11.9. The number of fused-ring (bicyclic) bond motifs is 1. The zero-order chi connectivity index (χ0) is 27.3. The van der Waals surface area contributed by atoms with E-state index < -0.39 is 26.1 Å². The molecule has 10 nitrogen and oxygen atoms in total. The first-order valence-electron chi connectivity index (χ1n) is 13.7. The number of hydrogen-bond donors (Lipinski definition) is 1. The van der Waals surface area contributed by atoms with Gasteiger partial charge in [-0.15, -0.1) is 0 Å². The molecular weight excluding hydrogens is 502 g/mol. The van der Waals surface area contributed by atoms with E-state index in [1.54, 1.807) is 16.6 Å². The minimum atomic E-state index is -2.09. The summed E-state index contributed by atoms with van der Waals surface area (Å²) in [4.78, 5) is 29.1. The molecule has 2 aliphatic rings. The lowest BCUT2D eigenvalue weighted by Crippen LogP contribution is -2.44. The van der Waals surface area contributed by atoms with Gasteiger partial charge in [0.1, 0.15) is 24.5 Å². The van der Waals surface area contributed by atoms with Crippen LogP contribution < -0.4 is 5.32 Å². The predicted octanol–water partition coefficient (Wildman–Crippen LogP) is 4.71. The number of rotatable bonds is 12. The van der Waals surface area contributed by atoms with E-state index >= 15 is 0 Å². The van der Waals surface area contributed by atoms with Crippen LogP contribution in [0.15, 0.2) is 18.5 Å². The largest absolute Gasteiger partial charge is 0.463 e. The van der Waals surface area contributed by atoms with Crippen molar-refractivity contribution < 1.29 is 23.5 Å². The van der Waals surface area contributed by atoms with Gasteiger partial charge < -0.3 is 19.2 Å². The highest BCUT2D eigenvalue weighted by Gasteiger charge is 2.54.